The largest absolute Gasteiger partial charge is 0.370 e. The number of amides is 2. The Morgan fingerprint density at radius 1 is 1.45 bits per heavy atom. The molecule has 0 atom stereocenters. The lowest BCUT2D eigenvalue weighted by atomic mass is 10.2. The highest BCUT2D eigenvalue weighted by molar-refractivity contribution is 5.97. The minimum absolute atomic E-state index is 0.0168. The summed E-state index contributed by atoms with van der Waals surface area (Å²) in [5, 5.41) is 3.08. The Kier molecular flexibility index (Phi) is 4.55. The number of hydrogen-bond acceptors (Lipinski definition) is 4. The zero-order valence-corrected chi connectivity index (χ0v) is 11.9. The van der Waals surface area contributed by atoms with Crippen molar-refractivity contribution in [2.45, 2.75) is 13.3 Å². The van der Waals surface area contributed by atoms with E-state index in [0.29, 0.717) is 24.5 Å². The molecular weight excluding hydrogens is 256 g/mol. The van der Waals surface area contributed by atoms with Gasteiger partial charge in [0.25, 0.3) is 5.91 Å². The number of likely N-dealkylation sites (N-methyl/N-ethyl adjacent to an activating group) is 1. The van der Waals surface area contributed by atoms with Crippen molar-refractivity contribution in [1.82, 2.24) is 14.8 Å². The number of rotatable bonds is 3. The highest BCUT2D eigenvalue weighted by Gasteiger charge is 2.23. The molecule has 1 aliphatic heterocycles. The number of nitrogens with zero attached hydrogens (tertiary/aromatic N) is 3. The van der Waals surface area contributed by atoms with Crippen LogP contribution < -0.4 is 5.32 Å². The van der Waals surface area contributed by atoms with Gasteiger partial charge in [0.15, 0.2) is 0 Å². The molecule has 1 saturated heterocycles. The highest BCUT2D eigenvalue weighted by atomic mass is 16.2. The number of pyridine rings is 1. The third kappa shape index (κ3) is 3.26. The van der Waals surface area contributed by atoms with Gasteiger partial charge in [0.05, 0.1) is 0 Å². The fraction of sp³-hybridized carbons (Fsp3) is 0.500. The maximum absolute atomic E-state index is 12.5. The SMILES string of the molecule is CCNc1cc(C(=O)N2CCCN(C)C(=O)C2)ccn1. The molecule has 108 valence electrons. The topological polar surface area (TPSA) is 65.5 Å². The molecule has 0 radical (unpaired) electrons. The Morgan fingerprint density at radius 3 is 3.00 bits per heavy atom. The third-order valence-corrected chi connectivity index (χ3v) is 3.33. The lowest BCUT2D eigenvalue weighted by Crippen LogP contribution is -2.38. The predicted octanol–water partition coefficient (Wildman–Crippen LogP) is 0.818. The van der Waals surface area contributed by atoms with Crippen LogP contribution in [0.25, 0.3) is 0 Å². The first-order chi connectivity index (χ1) is 9.61. The van der Waals surface area contributed by atoms with E-state index in [1.165, 1.54) is 0 Å². The molecule has 6 nitrogen and oxygen atoms in total. The number of hydrogen-bond donors (Lipinski definition) is 1. The van der Waals surface area contributed by atoms with E-state index < -0.39 is 0 Å². The van der Waals surface area contributed by atoms with Crippen LogP contribution in [0.15, 0.2) is 18.3 Å². The van der Waals surface area contributed by atoms with E-state index in [1.807, 2.05) is 6.92 Å². The van der Waals surface area contributed by atoms with Crippen LogP contribution in [-0.4, -0.2) is 59.8 Å². The van der Waals surface area contributed by atoms with Crippen LogP contribution in [0.5, 0.6) is 0 Å². The molecule has 20 heavy (non-hydrogen) atoms. The van der Waals surface area contributed by atoms with Gasteiger partial charge in [-0.25, -0.2) is 4.98 Å². The van der Waals surface area contributed by atoms with E-state index in [1.54, 1.807) is 35.2 Å². The van der Waals surface area contributed by atoms with Gasteiger partial charge in [-0.15, -0.1) is 0 Å². The molecule has 0 bridgehead atoms. The van der Waals surface area contributed by atoms with Crippen LogP contribution in [0.3, 0.4) is 0 Å². The molecule has 0 saturated carbocycles. The zero-order valence-electron chi connectivity index (χ0n) is 11.9. The monoisotopic (exact) mass is 276 g/mol. The maximum atomic E-state index is 12.5. The van der Waals surface area contributed by atoms with Gasteiger partial charge in [-0.2, -0.15) is 0 Å². The third-order valence-electron chi connectivity index (χ3n) is 3.33. The molecule has 1 aromatic heterocycles. The van der Waals surface area contributed by atoms with Crippen LogP contribution >= 0.6 is 0 Å². The van der Waals surface area contributed by atoms with E-state index in [9.17, 15) is 9.59 Å². The number of carbonyl (C=O) groups is 2. The number of anilines is 1. The van der Waals surface area contributed by atoms with E-state index >= 15 is 0 Å². The minimum atomic E-state index is -0.116. The van der Waals surface area contributed by atoms with E-state index in [-0.39, 0.29) is 18.4 Å². The summed E-state index contributed by atoms with van der Waals surface area (Å²) in [6, 6.07) is 3.41. The second kappa shape index (κ2) is 6.36. The van der Waals surface area contributed by atoms with Gasteiger partial charge in [0.2, 0.25) is 5.91 Å². The molecule has 0 unspecified atom stereocenters. The first-order valence-electron chi connectivity index (χ1n) is 6.85. The quantitative estimate of drug-likeness (QED) is 0.887. The number of aromatic nitrogens is 1. The zero-order chi connectivity index (χ0) is 14.5. The van der Waals surface area contributed by atoms with Crippen molar-refractivity contribution in [3.8, 4) is 0 Å². The van der Waals surface area contributed by atoms with Gasteiger partial charge >= 0.3 is 0 Å². The van der Waals surface area contributed by atoms with Gasteiger partial charge in [-0.1, -0.05) is 0 Å². The van der Waals surface area contributed by atoms with Crippen molar-refractivity contribution in [3.63, 3.8) is 0 Å². The molecule has 1 aliphatic rings. The minimum Gasteiger partial charge on any atom is -0.370 e. The lowest BCUT2D eigenvalue weighted by molar-refractivity contribution is -0.129. The summed E-state index contributed by atoms with van der Waals surface area (Å²) >= 11 is 0. The van der Waals surface area contributed by atoms with Crippen molar-refractivity contribution in [2.75, 3.05) is 38.5 Å². The summed E-state index contributed by atoms with van der Waals surface area (Å²) in [6.45, 7) is 4.17. The molecule has 0 aliphatic carbocycles. The first-order valence-corrected chi connectivity index (χ1v) is 6.85. The van der Waals surface area contributed by atoms with Crippen LogP contribution in [0, 0.1) is 0 Å². The Bertz CT molecular complexity index is 504. The summed E-state index contributed by atoms with van der Waals surface area (Å²) in [4.78, 5) is 31.7. The van der Waals surface area contributed by atoms with Crippen molar-refractivity contribution >= 4 is 17.6 Å². The Labute approximate surface area is 118 Å². The second-order valence-electron chi connectivity index (χ2n) is 4.86. The van der Waals surface area contributed by atoms with E-state index in [4.69, 9.17) is 0 Å². The van der Waals surface area contributed by atoms with Crippen molar-refractivity contribution in [3.05, 3.63) is 23.9 Å². The number of nitrogens with one attached hydrogen (secondary N) is 1. The van der Waals surface area contributed by atoms with E-state index in [0.717, 1.165) is 13.0 Å². The summed E-state index contributed by atoms with van der Waals surface area (Å²) in [5.41, 5.74) is 0.563. The van der Waals surface area contributed by atoms with Crippen molar-refractivity contribution < 1.29 is 9.59 Å². The van der Waals surface area contributed by atoms with Crippen LogP contribution in [0.2, 0.25) is 0 Å². The molecule has 2 heterocycles. The first kappa shape index (κ1) is 14.3. The molecule has 1 N–H and O–H groups in total. The summed E-state index contributed by atoms with van der Waals surface area (Å²) < 4.78 is 0. The summed E-state index contributed by atoms with van der Waals surface area (Å²) in [6.07, 6.45) is 2.41. The Morgan fingerprint density at radius 2 is 2.25 bits per heavy atom. The second-order valence-corrected chi connectivity index (χ2v) is 4.86. The van der Waals surface area contributed by atoms with Crippen molar-refractivity contribution in [2.24, 2.45) is 0 Å². The molecule has 1 fully saturated rings. The average Bonchev–Trinajstić information content (AvgIpc) is 2.61. The van der Waals surface area contributed by atoms with Crippen LogP contribution in [0.4, 0.5) is 5.82 Å². The molecule has 2 amide bonds. The molecule has 1 aromatic rings. The van der Waals surface area contributed by atoms with E-state index in [2.05, 4.69) is 10.3 Å². The van der Waals surface area contributed by atoms with Gasteiger partial charge in [0, 0.05) is 38.4 Å². The molecule has 0 aromatic carbocycles. The Balaban J connectivity index is 2.13. The van der Waals surface area contributed by atoms with Crippen LogP contribution in [0.1, 0.15) is 23.7 Å². The van der Waals surface area contributed by atoms with Gasteiger partial charge in [0.1, 0.15) is 12.4 Å². The lowest BCUT2D eigenvalue weighted by Gasteiger charge is -2.20. The number of carbonyl (C=O) groups excluding carboxylic acids is 2. The molecule has 2 rings (SSSR count). The van der Waals surface area contributed by atoms with Crippen LogP contribution in [-0.2, 0) is 4.79 Å². The standard InChI is InChI=1S/C14H20N4O2/c1-3-15-12-9-11(5-6-16-12)14(20)18-8-4-7-17(2)13(19)10-18/h5-6,9H,3-4,7-8,10H2,1-2H3,(H,15,16). The summed E-state index contributed by atoms with van der Waals surface area (Å²) in [5.74, 6) is 0.545. The fourth-order valence-corrected chi connectivity index (χ4v) is 2.18. The average molecular weight is 276 g/mol. The van der Waals surface area contributed by atoms with Gasteiger partial charge < -0.3 is 15.1 Å². The maximum Gasteiger partial charge on any atom is 0.254 e. The highest BCUT2D eigenvalue weighted by Crippen LogP contribution is 2.12. The Hall–Kier alpha value is -2.11. The fourth-order valence-electron chi connectivity index (χ4n) is 2.18. The molecule has 0 spiro atoms. The smallest absolute Gasteiger partial charge is 0.254 e. The van der Waals surface area contributed by atoms with Crippen molar-refractivity contribution in [1.29, 1.82) is 0 Å². The normalized spacial score (nSPS) is 16.0. The van der Waals surface area contributed by atoms with Gasteiger partial charge in [-0.05, 0) is 25.5 Å². The predicted molar refractivity (Wildman–Crippen MR) is 76.6 cm³/mol. The van der Waals surface area contributed by atoms with Gasteiger partial charge in [-0.3, -0.25) is 9.59 Å². The summed E-state index contributed by atoms with van der Waals surface area (Å²) in [7, 11) is 1.77. The molecular formula is C14H20N4O2. The molecule has 6 heteroatoms.